The van der Waals surface area contributed by atoms with Crippen LogP contribution in [0.3, 0.4) is 0 Å². The molecule has 0 aliphatic carbocycles. The molecule has 1 aliphatic rings. The van der Waals surface area contributed by atoms with Crippen molar-refractivity contribution in [3.63, 3.8) is 0 Å². The number of nitrogens with one attached hydrogen (secondary N) is 2. The Morgan fingerprint density at radius 1 is 1.21 bits per heavy atom. The standard InChI is InChI=1S/C19H23N3O.ClH/c1-5-14-12(3)16(21-13(14)4)10-18-19(23-6-2)11-17(22-18)15-8-7-9-20-15;/h7-11,20,22H,5-6H2,1-4H3;1H. The first-order chi connectivity index (χ1) is 11.1. The van der Waals surface area contributed by atoms with Crippen LogP contribution in [0.5, 0.6) is 5.75 Å². The number of rotatable bonds is 5. The monoisotopic (exact) mass is 345 g/mol. The minimum Gasteiger partial charge on any atom is -0.492 e. The fourth-order valence-electron chi connectivity index (χ4n) is 3.03. The van der Waals surface area contributed by atoms with E-state index in [0.717, 1.165) is 40.7 Å². The second-order valence-corrected chi connectivity index (χ2v) is 5.66. The first-order valence-corrected chi connectivity index (χ1v) is 8.11. The van der Waals surface area contributed by atoms with E-state index >= 15 is 0 Å². The topological polar surface area (TPSA) is 53.2 Å². The Kier molecular flexibility index (Phi) is 5.73. The molecule has 0 fully saturated rings. The highest BCUT2D eigenvalue weighted by atomic mass is 35.5. The Labute approximate surface area is 149 Å². The molecule has 4 nitrogen and oxygen atoms in total. The summed E-state index contributed by atoms with van der Waals surface area (Å²) in [6, 6.07) is 6.06. The summed E-state index contributed by atoms with van der Waals surface area (Å²) in [4.78, 5) is 11.4. The average Bonchev–Trinajstić information content (AvgIpc) is 3.22. The van der Waals surface area contributed by atoms with Gasteiger partial charge in [0.2, 0.25) is 0 Å². The largest absolute Gasteiger partial charge is 0.492 e. The minimum atomic E-state index is 0. The lowest BCUT2D eigenvalue weighted by Gasteiger charge is -2.03. The number of halogens is 1. The summed E-state index contributed by atoms with van der Waals surface area (Å²) < 4.78 is 5.79. The highest BCUT2D eigenvalue weighted by Gasteiger charge is 2.17. The van der Waals surface area contributed by atoms with Crippen LogP contribution in [0.25, 0.3) is 17.5 Å². The molecule has 128 valence electrons. The lowest BCUT2D eigenvalue weighted by Crippen LogP contribution is -1.92. The molecule has 0 saturated carbocycles. The number of H-pyrrole nitrogens is 2. The normalized spacial score (nSPS) is 15.7. The van der Waals surface area contributed by atoms with E-state index < -0.39 is 0 Å². The summed E-state index contributed by atoms with van der Waals surface area (Å²) >= 11 is 0. The molecular weight excluding hydrogens is 322 g/mol. The Hall–Kier alpha value is -2.20. The van der Waals surface area contributed by atoms with Gasteiger partial charge in [0, 0.05) is 18.0 Å². The molecule has 2 N–H and O–H groups in total. The molecule has 0 radical (unpaired) electrons. The van der Waals surface area contributed by atoms with Crippen molar-refractivity contribution in [1.29, 1.82) is 0 Å². The van der Waals surface area contributed by atoms with Crippen molar-refractivity contribution >= 4 is 24.2 Å². The number of aromatic nitrogens is 2. The quantitative estimate of drug-likeness (QED) is 0.751. The zero-order chi connectivity index (χ0) is 16.4. The van der Waals surface area contributed by atoms with Crippen molar-refractivity contribution < 1.29 is 4.74 Å². The smallest absolute Gasteiger partial charge is 0.144 e. The van der Waals surface area contributed by atoms with Gasteiger partial charge in [0.25, 0.3) is 0 Å². The summed E-state index contributed by atoms with van der Waals surface area (Å²) in [5.74, 6) is 0.857. The van der Waals surface area contributed by atoms with Crippen LogP contribution in [0.2, 0.25) is 0 Å². The fourth-order valence-corrected chi connectivity index (χ4v) is 3.03. The van der Waals surface area contributed by atoms with Crippen LogP contribution >= 0.6 is 12.4 Å². The first-order valence-electron chi connectivity index (χ1n) is 8.11. The Morgan fingerprint density at radius 2 is 2.00 bits per heavy atom. The van der Waals surface area contributed by atoms with Crippen LogP contribution in [0.1, 0.15) is 39.8 Å². The van der Waals surface area contributed by atoms with Crippen LogP contribution in [0, 0.1) is 0 Å². The molecule has 0 amide bonds. The number of hydrogen-bond acceptors (Lipinski definition) is 2. The van der Waals surface area contributed by atoms with Gasteiger partial charge in [-0.05, 0) is 56.5 Å². The molecule has 0 atom stereocenters. The van der Waals surface area contributed by atoms with E-state index in [1.165, 1.54) is 11.1 Å². The van der Waals surface area contributed by atoms with Crippen LogP contribution in [0.4, 0.5) is 0 Å². The number of aliphatic imine (C=N–C) groups is 1. The number of allylic oxidation sites excluding steroid dienone is 2. The molecule has 2 aromatic rings. The van der Waals surface area contributed by atoms with Crippen molar-refractivity contribution in [3.05, 3.63) is 46.9 Å². The molecule has 1 aliphatic heterocycles. The molecule has 0 spiro atoms. The van der Waals surface area contributed by atoms with Crippen molar-refractivity contribution in [2.45, 2.75) is 34.1 Å². The lowest BCUT2D eigenvalue weighted by atomic mass is 10.0. The van der Waals surface area contributed by atoms with Gasteiger partial charge in [0.05, 0.1) is 29.4 Å². The predicted molar refractivity (Wildman–Crippen MR) is 103 cm³/mol. The lowest BCUT2D eigenvalue weighted by molar-refractivity contribution is 0.340. The summed E-state index contributed by atoms with van der Waals surface area (Å²) in [7, 11) is 0. The third-order valence-electron chi connectivity index (χ3n) is 4.19. The zero-order valence-corrected chi connectivity index (χ0v) is 15.4. The van der Waals surface area contributed by atoms with Crippen LogP contribution in [-0.2, 0) is 0 Å². The van der Waals surface area contributed by atoms with Gasteiger partial charge >= 0.3 is 0 Å². The maximum atomic E-state index is 5.79. The van der Waals surface area contributed by atoms with Gasteiger partial charge in [0.1, 0.15) is 5.75 Å². The van der Waals surface area contributed by atoms with Gasteiger partial charge in [-0.1, -0.05) is 6.92 Å². The molecule has 24 heavy (non-hydrogen) atoms. The molecular formula is C19H24ClN3O. The molecule has 0 unspecified atom stereocenters. The second kappa shape index (κ2) is 7.58. The summed E-state index contributed by atoms with van der Waals surface area (Å²) in [6.07, 6.45) is 5.01. The summed E-state index contributed by atoms with van der Waals surface area (Å²) in [5.41, 5.74) is 7.74. The van der Waals surface area contributed by atoms with Gasteiger partial charge in [0.15, 0.2) is 0 Å². The third-order valence-corrected chi connectivity index (χ3v) is 4.19. The van der Waals surface area contributed by atoms with E-state index in [2.05, 4.69) is 36.8 Å². The minimum absolute atomic E-state index is 0. The number of aromatic amines is 2. The van der Waals surface area contributed by atoms with Crippen LogP contribution < -0.4 is 4.74 Å². The predicted octanol–water partition coefficient (Wildman–Crippen LogP) is 5.37. The van der Waals surface area contributed by atoms with E-state index in [9.17, 15) is 0 Å². The van der Waals surface area contributed by atoms with Crippen molar-refractivity contribution in [3.8, 4) is 17.1 Å². The van der Waals surface area contributed by atoms with E-state index in [4.69, 9.17) is 9.73 Å². The number of nitrogens with zero attached hydrogens (tertiary/aromatic N) is 1. The first kappa shape index (κ1) is 18.1. The van der Waals surface area contributed by atoms with E-state index in [-0.39, 0.29) is 12.4 Å². The molecule has 3 heterocycles. The fraction of sp³-hybridized carbons (Fsp3) is 0.316. The molecule has 0 bridgehead atoms. The Bertz CT molecular complexity index is 795. The molecule has 3 rings (SSSR count). The van der Waals surface area contributed by atoms with E-state index in [1.807, 2.05) is 31.3 Å². The van der Waals surface area contributed by atoms with Gasteiger partial charge in [-0.3, -0.25) is 4.99 Å². The average molecular weight is 346 g/mol. The summed E-state index contributed by atoms with van der Waals surface area (Å²) in [6.45, 7) is 9.02. The van der Waals surface area contributed by atoms with Crippen LogP contribution in [-0.4, -0.2) is 22.3 Å². The molecule has 0 saturated heterocycles. The highest BCUT2D eigenvalue weighted by Crippen LogP contribution is 2.33. The SMILES string of the molecule is CCOc1cc(-c2ccc[nH]2)[nH]c1C=C1N=C(C)C(CC)=C1C.Cl. The Morgan fingerprint density at radius 3 is 2.58 bits per heavy atom. The maximum absolute atomic E-state index is 5.79. The molecule has 0 aromatic carbocycles. The second-order valence-electron chi connectivity index (χ2n) is 5.66. The van der Waals surface area contributed by atoms with Crippen LogP contribution in [0.15, 0.2) is 46.2 Å². The maximum Gasteiger partial charge on any atom is 0.144 e. The molecule has 2 aromatic heterocycles. The number of ether oxygens (including phenoxy) is 1. The zero-order valence-electron chi connectivity index (χ0n) is 14.6. The van der Waals surface area contributed by atoms with Crippen molar-refractivity contribution in [2.24, 2.45) is 4.99 Å². The third kappa shape index (κ3) is 3.34. The van der Waals surface area contributed by atoms with Gasteiger partial charge in [-0.15, -0.1) is 12.4 Å². The van der Waals surface area contributed by atoms with E-state index in [0.29, 0.717) is 6.61 Å². The van der Waals surface area contributed by atoms with Crippen molar-refractivity contribution in [2.75, 3.05) is 6.61 Å². The van der Waals surface area contributed by atoms with Gasteiger partial charge in [-0.2, -0.15) is 0 Å². The van der Waals surface area contributed by atoms with E-state index in [1.54, 1.807) is 0 Å². The molecule has 5 heteroatoms. The highest BCUT2D eigenvalue weighted by molar-refractivity contribution is 6.03. The van der Waals surface area contributed by atoms with Gasteiger partial charge < -0.3 is 14.7 Å². The Balaban J connectivity index is 0.00000208. The van der Waals surface area contributed by atoms with Gasteiger partial charge in [-0.25, -0.2) is 0 Å². The number of hydrogen-bond donors (Lipinski definition) is 2. The van der Waals surface area contributed by atoms with Crippen molar-refractivity contribution in [1.82, 2.24) is 9.97 Å². The summed E-state index contributed by atoms with van der Waals surface area (Å²) in [5, 5.41) is 0.